The summed E-state index contributed by atoms with van der Waals surface area (Å²) in [4.78, 5) is 11.9. The number of carbonyl (C=O) groups excluding carboxylic acids is 1. The molecule has 0 bridgehead atoms. The summed E-state index contributed by atoms with van der Waals surface area (Å²) in [6, 6.07) is 11.4. The number of amides is 1. The van der Waals surface area contributed by atoms with E-state index in [4.69, 9.17) is 0 Å². The van der Waals surface area contributed by atoms with Gasteiger partial charge in [0.2, 0.25) is 0 Å². The maximum atomic E-state index is 11.9. The summed E-state index contributed by atoms with van der Waals surface area (Å²) in [5.41, 5.74) is 1.17. The molecule has 2 rings (SSSR count). The number of halogens is 1. The SMILES string of the molecule is O=C(NCc1cccc(Br)c1)c1cc(O)cc(O)c1. The van der Waals surface area contributed by atoms with Crippen LogP contribution in [0.25, 0.3) is 0 Å². The quantitative estimate of drug-likeness (QED) is 0.814. The molecule has 0 spiro atoms. The molecule has 0 unspecified atom stereocenters. The molecular weight excluding hydrogens is 310 g/mol. The van der Waals surface area contributed by atoms with Crippen molar-refractivity contribution in [2.24, 2.45) is 0 Å². The van der Waals surface area contributed by atoms with Gasteiger partial charge >= 0.3 is 0 Å². The Morgan fingerprint density at radius 1 is 1.11 bits per heavy atom. The van der Waals surface area contributed by atoms with Gasteiger partial charge < -0.3 is 15.5 Å². The van der Waals surface area contributed by atoms with Crippen LogP contribution in [0.2, 0.25) is 0 Å². The predicted molar refractivity (Wildman–Crippen MR) is 75.1 cm³/mol. The van der Waals surface area contributed by atoms with Gasteiger partial charge in [-0.1, -0.05) is 28.1 Å². The Hall–Kier alpha value is -2.01. The fourth-order valence-electron chi connectivity index (χ4n) is 1.66. The molecule has 0 aliphatic rings. The van der Waals surface area contributed by atoms with Crippen LogP contribution in [0.3, 0.4) is 0 Å². The van der Waals surface area contributed by atoms with E-state index in [9.17, 15) is 15.0 Å². The molecular formula is C14H12BrNO3. The maximum absolute atomic E-state index is 11.9. The monoisotopic (exact) mass is 321 g/mol. The van der Waals surface area contributed by atoms with Gasteiger partial charge in [-0.05, 0) is 29.8 Å². The highest BCUT2D eigenvalue weighted by atomic mass is 79.9. The van der Waals surface area contributed by atoms with Crippen molar-refractivity contribution in [2.45, 2.75) is 6.54 Å². The summed E-state index contributed by atoms with van der Waals surface area (Å²) in [6.07, 6.45) is 0. The van der Waals surface area contributed by atoms with E-state index >= 15 is 0 Å². The predicted octanol–water partition coefficient (Wildman–Crippen LogP) is 2.79. The number of nitrogens with one attached hydrogen (secondary N) is 1. The smallest absolute Gasteiger partial charge is 0.251 e. The van der Waals surface area contributed by atoms with E-state index in [1.165, 1.54) is 18.2 Å². The van der Waals surface area contributed by atoms with Crippen LogP contribution in [0, 0.1) is 0 Å². The molecule has 1 amide bonds. The summed E-state index contributed by atoms with van der Waals surface area (Å²) < 4.78 is 0.939. The van der Waals surface area contributed by atoms with Gasteiger partial charge in [-0.3, -0.25) is 4.79 Å². The van der Waals surface area contributed by atoms with Crippen molar-refractivity contribution >= 4 is 21.8 Å². The van der Waals surface area contributed by atoms with Crippen LogP contribution in [0.4, 0.5) is 0 Å². The molecule has 5 heteroatoms. The second kappa shape index (κ2) is 5.75. The highest BCUT2D eigenvalue weighted by Crippen LogP contribution is 2.20. The van der Waals surface area contributed by atoms with Crippen LogP contribution in [-0.2, 0) is 6.54 Å². The molecule has 19 heavy (non-hydrogen) atoms. The molecule has 0 radical (unpaired) electrons. The molecule has 0 atom stereocenters. The van der Waals surface area contributed by atoms with Gasteiger partial charge in [-0.25, -0.2) is 0 Å². The van der Waals surface area contributed by atoms with Crippen molar-refractivity contribution in [1.82, 2.24) is 5.32 Å². The van der Waals surface area contributed by atoms with Crippen molar-refractivity contribution in [3.63, 3.8) is 0 Å². The number of hydrogen-bond acceptors (Lipinski definition) is 3. The van der Waals surface area contributed by atoms with Gasteiger partial charge in [-0.2, -0.15) is 0 Å². The first-order valence-electron chi connectivity index (χ1n) is 5.60. The molecule has 0 heterocycles. The van der Waals surface area contributed by atoms with Crippen molar-refractivity contribution in [2.75, 3.05) is 0 Å². The Kier molecular flexibility index (Phi) is 4.06. The standard InChI is InChI=1S/C14H12BrNO3/c15-11-3-1-2-9(4-11)8-16-14(19)10-5-12(17)7-13(18)6-10/h1-7,17-18H,8H2,(H,16,19). The Morgan fingerprint density at radius 3 is 2.42 bits per heavy atom. The molecule has 0 saturated heterocycles. The minimum absolute atomic E-state index is 0.146. The highest BCUT2D eigenvalue weighted by molar-refractivity contribution is 9.10. The third-order valence-electron chi connectivity index (χ3n) is 2.51. The van der Waals surface area contributed by atoms with E-state index in [1.54, 1.807) is 0 Å². The average Bonchev–Trinajstić information content (AvgIpc) is 2.35. The normalized spacial score (nSPS) is 10.2. The van der Waals surface area contributed by atoms with Crippen molar-refractivity contribution in [1.29, 1.82) is 0 Å². The first-order chi connectivity index (χ1) is 9.04. The number of hydrogen-bond donors (Lipinski definition) is 3. The van der Waals surface area contributed by atoms with Crippen LogP contribution < -0.4 is 5.32 Å². The molecule has 4 nitrogen and oxygen atoms in total. The number of carbonyl (C=O) groups is 1. The summed E-state index contributed by atoms with van der Waals surface area (Å²) in [5.74, 6) is -0.647. The van der Waals surface area contributed by atoms with Gasteiger partial charge in [-0.15, -0.1) is 0 Å². The topological polar surface area (TPSA) is 69.6 Å². The largest absolute Gasteiger partial charge is 0.508 e. The van der Waals surface area contributed by atoms with Crippen LogP contribution in [0.1, 0.15) is 15.9 Å². The maximum Gasteiger partial charge on any atom is 0.251 e. The molecule has 0 fully saturated rings. The van der Waals surface area contributed by atoms with E-state index in [2.05, 4.69) is 21.2 Å². The number of phenolic OH excluding ortho intramolecular Hbond substituents is 2. The van der Waals surface area contributed by atoms with E-state index in [1.807, 2.05) is 24.3 Å². The molecule has 2 aromatic rings. The van der Waals surface area contributed by atoms with E-state index in [0.717, 1.165) is 10.0 Å². The van der Waals surface area contributed by atoms with Gasteiger partial charge in [0.1, 0.15) is 11.5 Å². The lowest BCUT2D eigenvalue weighted by Crippen LogP contribution is -2.22. The van der Waals surface area contributed by atoms with Crippen LogP contribution in [0.15, 0.2) is 46.9 Å². The lowest BCUT2D eigenvalue weighted by molar-refractivity contribution is 0.0950. The Labute approximate surface area is 118 Å². The molecule has 0 aliphatic carbocycles. The third-order valence-corrected chi connectivity index (χ3v) is 3.00. The summed E-state index contributed by atoms with van der Waals surface area (Å²) in [5, 5.41) is 21.4. The van der Waals surface area contributed by atoms with Crippen LogP contribution >= 0.6 is 15.9 Å². The van der Waals surface area contributed by atoms with Gasteiger partial charge in [0.25, 0.3) is 5.91 Å². The zero-order chi connectivity index (χ0) is 13.8. The zero-order valence-electron chi connectivity index (χ0n) is 9.93. The molecule has 98 valence electrons. The zero-order valence-corrected chi connectivity index (χ0v) is 11.5. The van der Waals surface area contributed by atoms with Crippen LogP contribution in [-0.4, -0.2) is 16.1 Å². The molecule has 0 aromatic heterocycles. The molecule has 0 aliphatic heterocycles. The minimum Gasteiger partial charge on any atom is -0.508 e. The Bertz CT molecular complexity index is 593. The van der Waals surface area contributed by atoms with Gasteiger partial charge in [0.05, 0.1) is 0 Å². The summed E-state index contributed by atoms with van der Waals surface area (Å²) >= 11 is 3.35. The van der Waals surface area contributed by atoms with Gasteiger partial charge in [0.15, 0.2) is 0 Å². The van der Waals surface area contributed by atoms with E-state index in [0.29, 0.717) is 6.54 Å². The average molecular weight is 322 g/mol. The van der Waals surface area contributed by atoms with E-state index in [-0.39, 0.29) is 23.0 Å². The van der Waals surface area contributed by atoms with Gasteiger partial charge in [0, 0.05) is 22.6 Å². The minimum atomic E-state index is -0.355. The lowest BCUT2D eigenvalue weighted by atomic mass is 10.1. The number of phenols is 2. The number of rotatable bonds is 3. The Balaban J connectivity index is 2.05. The number of benzene rings is 2. The Morgan fingerprint density at radius 2 is 1.79 bits per heavy atom. The fraction of sp³-hybridized carbons (Fsp3) is 0.0714. The second-order valence-electron chi connectivity index (χ2n) is 4.05. The van der Waals surface area contributed by atoms with Crippen molar-refractivity contribution in [3.8, 4) is 11.5 Å². The second-order valence-corrected chi connectivity index (χ2v) is 4.97. The number of aromatic hydroxyl groups is 2. The molecule has 0 saturated carbocycles. The fourth-order valence-corrected chi connectivity index (χ4v) is 2.10. The van der Waals surface area contributed by atoms with Crippen molar-refractivity contribution in [3.05, 3.63) is 58.1 Å². The summed E-state index contributed by atoms with van der Waals surface area (Å²) in [6.45, 7) is 0.370. The van der Waals surface area contributed by atoms with E-state index < -0.39 is 0 Å². The first-order valence-corrected chi connectivity index (χ1v) is 6.39. The first kappa shape index (κ1) is 13.4. The molecule has 2 aromatic carbocycles. The lowest BCUT2D eigenvalue weighted by Gasteiger charge is -2.06. The highest BCUT2D eigenvalue weighted by Gasteiger charge is 2.08. The molecule has 3 N–H and O–H groups in total. The van der Waals surface area contributed by atoms with Crippen molar-refractivity contribution < 1.29 is 15.0 Å². The third kappa shape index (κ3) is 3.72. The van der Waals surface area contributed by atoms with Crippen LogP contribution in [0.5, 0.6) is 11.5 Å². The summed E-state index contributed by atoms with van der Waals surface area (Å²) in [7, 11) is 0.